The first kappa shape index (κ1) is 17.6. The SMILES string of the molecule is COCCCCCCN.O=C(O)C(F)(F)F. The van der Waals surface area contributed by atoms with Gasteiger partial charge >= 0.3 is 12.1 Å². The second kappa shape index (κ2) is 10.7. The first-order valence-corrected chi connectivity index (χ1v) is 4.85. The number of carboxylic acid groups (broad SMARTS) is 1. The van der Waals surface area contributed by atoms with Crippen LogP contribution in [0.1, 0.15) is 25.7 Å². The summed E-state index contributed by atoms with van der Waals surface area (Å²) in [5, 5.41) is 7.12. The Kier molecular flexibility index (Phi) is 11.7. The van der Waals surface area contributed by atoms with Gasteiger partial charge in [-0.05, 0) is 19.4 Å². The van der Waals surface area contributed by atoms with Gasteiger partial charge in [0.1, 0.15) is 0 Å². The molecule has 0 amide bonds. The monoisotopic (exact) mass is 245 g/mol. The van der Waals surface area contributed by atoms with Crippen molar-refractivity contribution in [2.24, 2.45) is 5.73 Å². The lowest BCUT2D eigenvalue weighted by molar-refractivity contribution is -0.192. The number of methoxy groups -OCH3 is 1. The van der Waals surface area contributed by atoms with Gasteiger partial charge in [-0.1, -0.05) is 12.8 Å². The zero-order chi connectivity index (χ0) is 13.0. The maximum atomic E-state index is 10.6. The summed E-state index contributed by atoms with van der Waals surface area (Å²) in [6.45, 7) is 1.72. The topological polar surface area (TPSA) is 72.5 Å². The van der Waals surface area contributed by atoms with E-state index in [2.05, 4.69) is 0 Å². The number of rotatable bonds is 6. The van der Waals surface area contributed by atoms with Gasteiger partial charge in [-0.25, -0.2) is 4.79 Å². The number of aliphatic carboxylic acids is 1. The van der Waals surface area contributed by atoms with Crippen LogP contribution in [0.25, 0.3) is 0 Å². The standard InChI is InChI=1S/C7H17NO.C2HF3O2/c1-9-7-5-3-2-4-6-8;3-2(4,5)1(6)7/h2-8H2,1H3;(H,6,7). The Balaban J connectivity index is 0. The molecule has 0 rings (SSSR count). The minimum absolute atomic E-state index is 0.826. The van der Waals surface area contributed by atoms with Crippen LogP contribution in [-0.2, 0) is 9.53 Å². The van der Waals surface area contributed by atoms with E-state index in [9.17, 15) is 13.2 Å². The van der Waals surface area contributed by atoms with Crippen LogP contribution < -0.4 is 5.73 Å². The van der Waals surface area contributed by atoms with Gasteiger partial charge < -0.3 is 15.6 Å². The van der Waals surface area contributed by atoms with Gasteiger partial charge in [-0.15, -0.1) is 0 Å². The molecule has 0 saturated carbocycles. The van der Waals surface area contributed by atoms with E-state index in [1.54, 1.807) is 7.11 Å². The molecule has 0 aliphatic heterocycles. The Labute approximate surface area is 92.6 Å². The van der Waals surface area contributed by atoms with Crippen molar-refractivity contribution in [1.29, 1.82) is 0 Å². The van der Waals surface area contributed by atoms with Crippen molar-refractivity contribution in [2.75, 3.05) is 20.3 Å². The number of halogens is 3. The third-order valence-corrected chi connectivity index (χ3v) is 1.55. The zero-order valence-corrected chi connectivity index (χ0v) is 9.22. The van der Waals surface area contributed by atoms with Gasteiger partial charge in [-0.2, -0.15) is 13.2 Å². The molecule has 0 aliphatic rings. The molecule has 0 saturated heterocycles. The van der Waals surface area contributed by atoms with E-state index in [0.29, 0.717) is 0 Å². The van der Waals surface area contributed by atoms with Gasteiger partial charge in [0.2, 0.25) is 0 Å². The predicted molar refractivity (Wildman–Crippen MR) is 53.1 cm³/mol. The second-order valence-electron chi connectivity index (χ2n) is 3.00. The van der Waals surface area contributed by atoms with Crippen molar-refractivity contribution >= 4 is 5.97 Å². The predicted octanol–water partition coefficient (Wildman–Crippen LogP) is 1.79. The molecule has 7 heteroatoms. The fraction of sp³-hybridized carbons (Fsp3) is 0.889. The highest BCUT2D eigenvalue weighted by atomic mass is 19.4. The molecule has 0 fully saturated rings. The van der Waals surface area contributed by atoms with E-state index in [1.165, 1.54) is 19.3 Å². The largest absolute Gasteiger partial charge is 0.490 e. The number of nitrogens with two attached hydrogens (primary N) is 1. The zero-order valence-electron chi connectivity index (χ0n) is 9.22. The molecule has 0 heterocycles. The van der Waals surface area contributed by atoms with Crippen LogP contribution >= 0.6 is 0 Å². The summed E-state index contributed by atoms with van der Waals surface area (Å²) in [5.74, 6) is -2.76. The van der Waals surface area contributed by atoms with E-state index < -0.39 is 12.1 Å². The van der Waals surface area contributed by atoms with Crippen LogP contribution in [0.2, 0.25) is 0 Å². The Bertz CT molecular complexity index is 168. The second-order valence-corrected chi connectivity index (χ2v) is 3.00. The number of ether oxygens (including phenoxy) is 1. The molecule has 0 bridgehead atoms. The van der Waals surface area contributed by atoms with Crippen LogP contribution in [0.4, 0.5) is 13.2 Å². The highest BCUT2D eigenvalue weighted by Gasteiger charge is 2.38. The van der Waals surface area contributed by atoms with E-state index in [-0.39, 0.29) is 0 Å². The van der Waals surface area contributed by atoms with Crippen molar-refractivity contribution in [2.45, 2.75) is 31.9 Å². The maximum absolute atomic E-state index is 10.6. The fourth-order valence-corrected chi connectivity index (χ4v) is 0.744. The lowest BCUT2D eigenvalue weighted by Gasteiger charge is -1.97. The summed E-state index contributed by atoms with van der Waals surface area (Å²) >= 11 is 0. The van der Waals surface area contributed by atoms with Gasteiger partial charge in [0.25, 0.3) is 0 Å². The van der Waals surface area contributed by atoms with E-state index in [0.717, 1.165) is 19.6 Å². The van der Waals surface area contributed by atoms with E-state index >= 15 is 0 Å². The minimum atomic E-state index is -5.08. The summed E-state index contributed by atoms with van der Waals surface area (Å²) in [5.41, 5.74) is 5.31. The summed E-state index contributed by atoms with van der Waals surface area (Å²) in [6.07, 6.45) is -0.245. The van der Waals surface area contributed by atoms with E-state index in [4.69, 9.17) is 20.4 Å². The summed E-state index contributed by atoms with van der Waals surface area (Å²) in [7, 11) is 1.74. The van der Waals surface area contributed by atoms with Crippen molar-refractivity contribution in [3.05, 3.63) is 0 Å². The molecule has 0 unspecified atom stereocenters. The number of alkyl halides is 3. The van der Waals surface area contributed by atoms with Crippen molar-refractivity contribution in [3.63, 3.8) is 0 Å². The van der Waals surface area contributed by atoms with E-state index in [1.807, 2.05) is 0 Å². The molecular formula is C9H18F3NO3. The summed E-state index contributed by atoms with van der Waals surface area (Å²) in [4.78, 5) is 8.90. The molecule has 0 aromatic heterocycles. The lowest BCUT2D eigenvalue weighted by Crippen LogP contribution is -2.21. The van der Waals surface area contributed by atoms with Gasteiger partial charge in [0.05, 0.1) is 0 Å². The van der Waals surface area contributed by atoms with Crippen LogP contribution in [0.3, 0.4) is 0 Å². The van der Waals surface area contributed by atoms with Crippen LogP contribution in [0.15, 0.2) is 0 Å². The molecule has 0 atom stereocenters. The molecule has 0 aliphatic carbocycles. The van der Waals surface area contributed by atoms with Gasteiger partial charge in [-0.3, -0.25) is 0 Å². The van der Waals surface area contributed by atoms with Crippen LogP contribution in [0.5, 0.6) is 0 Å². The average Bonchev–Trinajstić information content (AvgIpc) is 2.17. The molecule has 4 nitrogen and oxygen atoms in total. The van der Waals surface area contributed by atoms with Crippen LogP contribution in [-0.4, -0.2) is 37.5 Å². The number of carboxylic acids is 1. The third kappa shape index (κ3) is 15.6. The van der Waals surface area contributed by atoms with Crippen molar-refractivity contribution in [1.82, 2.24) is 0 Å². The number of carbonyl (C=O) groups is 1. The highest BCUT2D eigenvalue weighted by Crippen LogP contribution is 2.13. The molecule has 0 radical (unpaired) electrons. The molecule has 0 spiro atoms. The molecule has 0 aromatic rings. The van der Waals surface area contributed by atoms with Crippen molar-refractivity contribution in [3.8, 4) is 0 Å². The quantitative estimate of drug-likeness (QED) is 0.700. The molecule has 3 N–H and O–H groups in total. The summed E-state index contributed by atoms with van der Waals surface area (Å²) < 4.78 is 36.6. The Morgan fingerprint density at radius 1 is 1.25 bits per heavy atom. The maximum Gasteiger partial charge on any atom is 0.490 e. The minimum Gasteiger partial charge on any atom is -0.475 e. The molecule has 16 heavy (non-hydrogen) atoms. The Hall–Kier alpha value is -0.820. The highest BCUT2D eigenvalue weighted by molar-refractivity contribution is 5.73. The molecule has 0 aromatic carbocycles. The lowest BCUT2D eigenvalue weighted by atomic mass is 10.2. The Morgan fingerprint density at radius 2 is 1.69 bits per heavy atom. The van der Waals surface area contributed by atoms with Gasteiger partial charge in [0, 0.05) is 13.7 Å². The molecule has 98 valence electrons. The van der Waals surface area contributed by atoms with Crippen molar-refractivity contribution < 1.29 is 27.8 Å². The average molecular weight is 245 g/mol. The summed E-state index contributed by atoms with van der Waals surface area (Å²) in [6, 6.07) is 0. The first-order chi connectivity index (χ1) is 7.36. The van der Waals surface area contributed by atoms with Crippen LogP contribution in [0, 0.1) is 0 Å². The first-order valence-electron chi connectivity index (χ1n) is 4.85. The Morgan fingerprint density at radius 3 is 2.00 bits per heavy atom. The normalized spacial score (nSPS) is 10.6. The third-order valence-electron chi connectivity index (χ3n) is 1.55. The number of unbranched alkanes of at least 4 members (excludes halogenated alkanes) is 3. The number of hydrogen-bond acceptors (Lipinski definition) is 3. The fourth-order valence-electron chi connectivity index (χ4n) is 0.744. The van der Waals surface area contributed by atoms with Gasteiger partial charge in [0.15, 0.2) is 0 Å². The number of hydrogen-bond donors (Lipinski definition) is 2. The smallest absolute Gasteiger partial charge is 0.475 e. The molecular weight excluding hydrogens is 227 g/mol.